The average Bonchev–Trinajstić information content (AvgIpc) is 3.24. The molecule has 0 aromatic carbocycles. The zero-order valence-electron chi connectivity index (χ0n) is 15.7. The Hall–Kier alpha value is -2.13. The quantitative estimate of drug-likeness (QED) is 0.544. The third kappa shape index (κ3) is 3.98. The number of fused-ring (bicyclic) bond motifs is 1. The van der Waals surface area contributed by atoms with Crippen molar-refractivity contribution in [1.29, 1.82) is 0 Å². The fourth-order valence-electron chi connectivity index (χ4n) is 3.85. The third-order valence-corrected chi connectivity index (χ3v) is 6.17. The van der Waals surface area contributed by atoms with E-state index in [0.29, 0.717) is 38.7 Å². The highest BCUT2D eigenvalue weighted by atomic mass is 35.5. The number of nitrogens with zero attached hydrogens (tertiary/aromatic N) is 4. The second-order valence-corrected chi connectivity index (χ2v) is 9.30. The first-order valence-corrected chi connectivity index (χ1v) is 10.3. The summed E-state index contributed by atoms with van der Waals surface area (Å²) in [5.41, 5.74) is -0.909. The Morgan fingerprint density at radius 3 is 2.48 bits per heavy atom. The lowest BCUT2D eigenvalue weighted by Crippen LogP contribution is -2.42. The van der Waals surface area contributed by atoms with Gasteiger partial charge in [-0.1, -0.05) is 25.4 Å². The van der Waals surface area contributed by atoms with Crippen molar-refractivity contribution in [1.82, 2.24) is 19.5 Å². The molecule has 3 aromatic rings. The van der Waals surface area contributed by atoms with Gasteiger partial charge >= 0.3 is 6.18 Å². The molecule has 0 saturated carbocycles. The van der Waals surface area contributed by atoms with E-state index in [1.165, 1.54) is 6.07 Å². The van der Waals surface area contributed by atoms with Gasteiger partial charge in [-0.3, -0.25) is 4.79 Å². The first kappa shape index (κ1) is 20.2. The predicted molar refractivity (Wildman–Crippen MR) is 105 cm³/mol. The fourth-order valence-corrected chi connectivity index (χ4v) is 4.85. The maximum Gasteiger partial charge on any atom is 0.433 e. The number of carbonyl (C=O) groups excluding carboxylic acids is 1. The van der Waals surface area contributed by atoms with Gasteiger partial charge < -0.3 is 4.90 Å². The number of thiophene rings is 1. The van der Waals surface area contributed by atoms with Crippen LogP contribution in [0.25, 0.3) is 16.2 Å². The molecule has 2 atom stereocenters. The van der Waals surface area contributed by atoms with Crippen molar-refractivity contribution in [2.24, 2.45) is 11.8 Å². The van der Waals surface area contributed by atoms with Crippen molar-refractivity contribution < 1.29 is 18.0 Å². The number of hydrogen-bond acceptors (Lipinski definition) is 4. The van der Waals surface area contributed by atoms with Crippen molar-refractivity contribution in [3.63, 3.8) is 0 Å². The molecular weight excluding hydrogens is 425 g/mol. The van der Waals surface area contributed by atoms with E-state index in [9.17, 15) is 18.0 Å². The van der Waals surface area contributed by atoms with Gasteiger partial charge in [0.05, 0.1) is 14.9 Å². The van der Waals surface area contributed by atoms with Gasteiger partial charge in [-0.2, -0.15) is 18.3 Å². The highest BCUT2D eigenvalue weighted by Gasteiger charge is 2.36. The van der Waals surface area contributed by atoms with Gasteiger partial charge in [0, 0.05) is 19.2 Å². The Labute approximate surface area is 174 Å². The van der Waals surface area contributed by atoms with Crippen molar-refractivity contribution in [3.05, 3.63) is 40.0 Å². The highest BCUT2D eigenvalue weighted by Crippen LogP contribution is 2.35. The van der Waals surface area contributed by atoms with E-state index >= 15 is 0 Å². The summed E-state index contributed by atoms with van der Waals surface area (Å²) in [5, 5.41) is 3.96. The highest BCUT2D eigenvalue weighted by molar-refractivity contribution is 7.19. The fraction of sp³-hybridized carbons (Fsp3) is 0.421. The van der Waals surface area contributed by atoms with Crippen LogP contribution in [0.4, 0.5) is 13.2 Å². The summed E-state index contributed by atoms with van der Waals surface area (Å²) in [6.45, 7) is 5.24. The van der Waals surface area contributed by atoms with E-state index in [4.69, 9.17) is 11.6 Å². The first-order valence-electron chi connectivity index (χ1n) is 9.15. The molecular formula is C19H18ClF3N4OS. The summed E-state index contributed by atoms with van der Waals surface area (Å²) in [6.07, 6.45) is -3.64. The minimum absolute atomic E-state index is 0.0270. The molecule has 29 heavy (non-hydrogen) atoms. The lowest BCUT2D eigenvalue weighted by atomic mass is 9.92. The molecule has 4 heterocycles. The Morgan fingerprint density at radius 2 is 1.90 bits per heavy atom. The molecule has 1 aliphatic heterocycles. The Morgan fingerprint density at radius 1 is 1.21 bits per heavy atom. The van der Waals surface area contributed by atoms with Gasteiger partial charge in [-0.25, -0.2) is 9.50 Å². The van der Waals surface area contributed by atoms with Crippen molar-refractivity contribution >= 4 is 34.5 Å². The van der Waals surface area contributed by atoms with Crippen LogP contribution in [0.15, 0.2) is 24.3 Å². The van der Waals surface area contributed by atoms with Crippen molar-refractivity contribution in [2.45, 2.75) is 26.4 Å². The normalized spacial score (nSPS) is 20.4. The second kappa shape index (κ2) is 7.28. The van der Waals surface area contributed by atoms with E-state index in [-0.39, 0.29) is 22.9 Å². The molecule has 0 radical (unpaired) electrons. The maximum absolute atomic E-state index is 13.7. The standard InChI is InChI=1S/C19H18ClF3N4OS/c1-10-5-11(2)9-26(8-10)18(28)13-7-17-24-12(14-3-4-16(20)29-14)6-15(19(21,22)23)27(17)25-13/h3-4,6-7,10-11H,5,8-9H2,1-2H3/t10-,11-/m0/s1. The summed E-state index contributed by atoms with van der Waals surface area (Å²) in [5.74, 6) is 0.292. The van der Waals surface area contributed by atoms with Gasteiger partial charge in [0.25, 0.3) is 5.91 Å². The number of alkyl halides is 3. The number of carbonyl (C=O) groups is 1. The Balaban J connectivity index is 1.79. The molecule has 10 heteroatoms. The van der Waals surface area contributed by atoms with Gasteiger partial charge in [-0.05, 0) is 36.5 Å². The number of amides is 1. The van der Waals surface area contributed by atoms with E-state index in [0.717, 1.165) is 23.8 Å². The molecule has 1 fully saturated rings. The molecule has 1 amide bonds. The summed E-state index contributed by atoms with van der Waals surface area (Å²) in [4.78, 5) is 19.4. The van der Waals surface area contributed by atoms with Gasteiger partial charge in [-0.15, -0.1) is 11.3 Å². The monoisotopic (exact) mass is 442 g/mol. The largest absolute Gasteiger partial charge is 0.433 e. The van der Waals surface area contributed by atoms with Crippen LogP contribution in [-0.2, 0) is 6.18 Å². The zero-order valence-corrected chi connectivity index (χ0v) is 17.3. The van der Waals surface area contributed by atoms with E-state index in [2.05, 4.69) is 23.9 Å². The van der Waals surface area contributed by atoms with Crippen LogP contribution in [-0.4, -0.2) is 38.5 Å². The number of hydrogen-bond donors (Lipinski definition) is 0. The lowest BCUT2D eigenvalue weighted by molar-refractivity contribution is -0.142. The Bertz CT molecular complexity index is 1070. The number of rotatable bonds is 2. The van der Waals surface area contributed by atoms with Gasteiger partial charge in [0.2, 0.25) is 0 Å². The van der Waals surface area contributed by atoms with Gasteiger partial charge in [0.1, 0.15) is 0 Å². The molecule has 5 nitrogen and oxygen atoms in total. The van der Waals surface area contributed by atoms with Crippen LogP contribution in [0.3, 0.4) is 0 Å². The summed E-state index contributed by atoms with van der Waals surface area (Å²) in [6, 6.07) is 5.47. The van der Waals surface area contributed by atoms with Crippen LogP contribution in [0.5, 0.6) is 0 Å². The molecule has 0 aliphatic carbocycles. The third-order valence-electron chi connectivity index (χ3n) is 4.92. The van der Waals surface area contributed by atoms with E-state index < -0.39 is 11.9 Å². The molecule has 0 spiro atoms. The SMILES string of the molecule is C[C@H]1C[C@H](C)CN(C(=O)c2cc3nc(-c4ccc(Cl)s4)cc(C(F)(F)F)n3n2)C1. The number of piperidine rings is 1. The van der Waals surface area contributed by atoms with Crippen molar-refractivity contribution in [2.75, 3.05) is 13.1 Å². The van der Waals surface area contributed by atoms with Crippen LogP contribution in [0.2, 0.25) is 4.34 Å². The Kier molecular flexibility index (Phi) is 5.06. The summed E-state index contributed by atoms with van der Waals surface area (Å²) >= 11 is 7.05. The number of likely N-dealkylation sites (tertiary alicyclic amines) is 1. The van der Waals surface area contributed by atoms with E-state index in [1.807, 2.05) is 0 Å². The van der Waals surface area contributed by atoms with Crippen LogP contribution < -0.4 is 0 Å². The average molecular weight is 443 g/mol. The smallest absolute Gasteiger partial charge is 0.337 e. The summed E-state index contributed by atoms with van der Waals surface area (Å²) < 4.78 is 42.2. The minimum Gasteiger partial charge on any atom is -0.337 e. The molecule has 0 bridgehead atoms. The molecule has 4 rings (SSSR count). The van der Waals surface area contributed by atoms with Crippen molar-refractivity contribution in [3.8, 4) is 10.6 Å². The zero-order chi connectivity index (χ0) is 20.9. The number of aromatic nitrogens is 3. The van der Waals surface area contributed by atoms with Crippen LogP contribution in [0, 0.1) is 11.8 Å². The molecule has 1 saturated heterocycles. The topological polar surface area (TPSA) is 50.5 Å². The summed E-state index contributed by atoms with van der Waals surface area (Å²) in [7, 11) is 0. The van der Waals surface area contributed by atoms with E-state index in [1.54, 1.807) is 17.0 Å². The molecule has 1 aliphatic rings. The second-order valence-electron chi connectivity index (χ2n) is 7.58. The maximum atomic E-state index is 13.7. The molecule has 0 N–H and O–H groups in total. The number of halogens is 4. The van der Waals surface area contributed by atoms with Crippen LogP contribution in [0.1, 0.15) is 36.5 Å². The molecule has 154 valence electrons. The molecule has 0 unspecified atom stereocenters. The lowest BCUT2D eigenvalue weighted by Gasteiger charge is -2.34. The van der Waals surface area contributed by atoms with Gasteiger partial charge in [0.15, 0.2) is 17.0 Å². The minimum atomic E-state index is -4.66. The molecule has 3 aromatic heterocycles. The predicted octanol–water partition coefficient (Wildman–Crippen LogP) is 5.25. The first-order chi connectivity index (χ1) is 13.6. The van der Waals surface area contributed by atoms with Crippen LogP contribution >= 0.6 is 22.9 Å².